The fraction of sp³-hybridized carbons (Fsp3) is 0.200. The highest BCUT2D eigenvalue weighted by Crippen LogP contribution is 2.14. The highest BCUT2D eigenvalue weighted by Gasteiger charge is 2.08. The molecular weight excluding hydrogens is 209 g/mol. The van der Waals surface area contributed by atoms with Crippen molar-refractivity contribution >= 4 is 18.7 Å². The molecule has 0 aliphatic heterocycles. The maximum absolute atomic E-state index is 12.7. The standard InChI is InChI=1S/C10H9F3S/c11-8-5-7(3-1-2-4-14)6-9(12)10(8)13/h1,3,5-6,14H,2,4H2. The minimum absolute atomic E-state index is 0.309. The van der Waals surface area contributed by atoms with Crippen LogP contribution in [0.15, 0.2) is 18.2 Å². The van der Waals surface area contributed by atoms with Crippen LogP contribution in [0.4, 0.5) is 13.2 Å². The molecular formula is C10H9F3S. The van der Waals surface area contributed by atoms with Crippen LogP contribution in [0.5, 0.6) is 0 Å². The van der Waals surface area contributed by atoms with Crippen molar-refractivity contribution in [1.29, 1.82) is 0 Å². The fourth-order valence-electron chi connectivity index (χ4n) is 0.965. The van der Waals surface area contributed by atoms with Gasteiger partial charge in [0.05, 0.1) is 0 Å². The lowest BCUT2D eigenvalue weighted by Crippen LogP contribution is -1.90. The normalized spacial score (nSPS) is 11.1. The smallest absolute Gasteiger partial charge is 0.194 e. The molecule has 0 aliphatic carbocycles. The van der Waals surface area contributed by atoms with Crippen molar-refractivity contribution in [3.8, 4) is 0 Å². The van der Waals surface area contributed by atoms with Gasteiger partial charge in [0.2, 0.25) is 0 Å². The van der Waals surface area contributed by atoms with E-state index in [0.717, 1.165) is 12.1 Å². The zero-order valence-corrected chi connectivity index (χ0v) is 8.20. The summed E-state index contributed by atoms with van der Waals surface area (Å²) in [5.74, 6) is -3.12. The number of thiol groups is 1. The zero-order valence-electron chi connectivity index (χ0n) is 7.30. The Bertz CT molecular complexity index is 324. The monoisotopic (exact) mass is 218 g/mol. The van der Waals surface area contributed by atoms with Crippen molar-refractivity contribution < 1.29 is 13.2 Å². The topological polar surface area (TPSA) is 0 Å². The first-order valence-electron chi connectivity index (χ1n) is 4.07. The molecule has 0 amide bonds. The third-order valence-corrected chi connectivity index (χ3v) is 1.87. The first-order valence-corrected chi connectivity index (χ1v) is 4.70. The van der Waals surface area contributed by atoms with E-state index in [1.54, 1.807) is 6.08 Å². The lowest BCUT2D eigenvalue weighted by molar-refractivity contribution is 0.447. The van der Waals surface area contributed by atoms with Gasteiger partial charge < -0.3 is 0 Å². The summed E-state index contributed by atoms with van der Waals surface area (Å²) in [5.41, 5.74) is 0.309. The van der Waals surface area contributed by atoms with Gasteiger partial charge in [-0.2, -0.15) is 12.6 Å². The second-order valence-corrected chi connectivity index (χ2v) is 3.16. The molecule has 0 atom stereocenters. The van der Waals surface area contributed by atoms with Gasteiger partial charge in [-0.15, -0.1) is 0 Å². The molecule has 0 fully saturated rings. The summed E-state index contributed by atoms with van der Waals surface area (Å²) in [5, 5.41) is 0. The largest absolute Gasteiger partial charge is 0.204 e. The highest BCUT2D eigenvalue weighted by molar-refractivity contribution is 7.80. The number of rotatable bonds is 3. The van der Waals surface area contributed by atoms with Crippen LogP contribution < -0.4 is 0 Å². The molecule has 0 nitrogen and oxygen atoms in total. The van der Waals surface area contributed by atoms with E-state index in [9.17, 15) is 13.2 Å². The van der Waals surface area contributed by atoms with Crippen molar-refractivity contribution in [2.24, 2.45) is 0 Å². The molecule has 0 radical (unpaired) electrons. The maximum atomic E-state index is 12.7. The molecule has 0 bridgehead atoms. The predicted molar refractivity (Wildman–Crippen MR) is 53.8 cm³/mol. The second-order valence-electron chi connectivity index (χ2n) is 2.71. The summed E-state index contributed by atoms with van der Waals surface area (Å²) in [6.07, 6.45) is 3.95. The molecule has 0 spiro atoms. The molecule has 4 heteroatoms. The van der Waals surface area contributed by atoms with Crippen LogP contribution in [0.25, 0.3) is 6.08 Å². The van der Waals surface area contributed by atoms with Gasteiger partial charge in [-0.05, 0) is 29.9 Å². The Morgan fingerprint density at radius 2 is 1.71 bits per heavy atom. The van der Waals surface area contributed by atoms with Gasteiger partial charge in [0.1, 0.15) is 0 Å². The van der Waals surface area contributed by atoms with Gasteiger partial charge in [-0.25, -0.2) is 13.2 Å². The van der Waals surface area contributed by atoms with Gasteiger partial charge in [-0.3, -0.25) is 0 Å². The summed E-state index contributed by atoms with van der Waals surface area (Å²) >= 11 is 3.96. The number of benzene rings is 1. The maximum Gasteiger partial charge on any atom is 0.194 e. The quantitative estimate of drug-likeness (QED) is 0.583. The predicted octanol–water partition coefficient (Wildman–Crippen LogP) is 3.44. The zero-order chi connectivity index (χ0) is 10.6. The summed E-state index contributed by atoms with van der Waals surface area (Å²) < 4.78 is 37.9. The first kappa shape index (κ1) is 11.2. The molecule has 1 rings (SSSR count). The average molecular weight is 218 g/mol. The number of hydrogen-bond donors (Lipinski definition) is 1. The van der Waals surface area contributed by atoms with Gasteiger partial charge in [-0.1, -0.05) is 12.2 Å². The van der Waals surface area contributed by atoms with Gasteiger partial charge in [0.15, 0.2) is 17.5 Å². The second kappa shape index (κ2) is 5.10. The lowest BCUT2D eigenvalue weighted by atomic mass is 10.2. The summed E-state index contributed by atoms with van der Waals surface area (Å²) in [6, 6.07) is 1.90. The highest BCUT2D eigenvalue weighted by atomic mass is 32.1. The van der Waals surface area contributed by atoms with E-state index in [-0.39, 0.29) is 0 Å². The number of hydrogen-bond acceptors (Lipinski definition) is 1. The molecule has 1 aromatic carbocycles. The van der Waals surface area contributed by atoms with Gasteiger partial charge >= 0.3 is 0 Å². The molecule has 0 saturated carbocycles. The summed E-state index contributed by atoms with van der Waals surface area (Å²) in [6.45, 7) is 0. The SMILES string of the molecule is Fc1cc(C=CCCS)cc(F)c1F. The van der Waals surface area contributed by atoms with Crippen molar-refractivity contribution in [3.05, 3.63) is 41.2 Å². The Morgan fingerprint density at radius 1 is 1.14 bits per heavy atom. The molecule has 0 aromatic heterocycles. The Hall–Kier alpha value is -0.900. The average Bonchev–Trinajstić information content (AvgIpc) is 2.14. The number of allylic oxidation sites excluding steroid dienone is 1. The van der Waals surface area contributed by atoms with Crippen LogP contribution in [-0.2, 0) is 0 Å². The third kappa shape index (κ3) is 2.80. The molecule has 0 saturated heterocycles. The van der Waals surface area contributed by atoms with E-state index in [0.29, 0.717) is 17.7 Å². The Kier molecular flexibility index (Phi) is 4.07. The minimum atomic E-state index is -1.43. The van der Waals surface area contributed by atoms with Crippen LogP contribution in [0, 0.1) is 17.5 Å². The molecule has 0 unspecified atom stereocenters. The van der Waals surface area contributed by atoms with Crippen molar-refractivity contribution in [1.82, 2.24) is 0 Å². The van der Waals surface area contributed by atoms with E-state index in [1.165, 1.54) is 6.08 Å². The van der Waals surface area contributed by atoms with Crippen LogP contribution in [0.3, 0.4) is 0 Å². The molecule has 0 aliphatic rings. The van der Waals surface area contributed by atoms with E-state index in [4.69, 9.17) is 0 Å². The van der Waals surface area contributed by atoms with Gasteiger partial charge in [0.25, 0.3) is 0 Å². The molecule has 0 heterocycles. The van der Waals surface area contributed by atoms with Crippen molar-refractivity contribution in [2.75, 3.05) is 5.75 Å². The third-order valence-electron chi connectivity index (χ3n) is 1.61. The van der Waals surface area contributed by atoms with Crippen LogP contribution >= 0.6 is 12.6 Å². The van der Waals surface area contributed by atoms with E-state index >= 15 is 0 Å². The van der Waals surface area contributed by atoms with Gasteiger partial charge in [0, 0.05) is 0 Å². The Morgan fingerprint density at radius 3 is 2.21 bits per heavy atom. The molecule has 76 valence electrons. The molecule has 1 aromatic rings. The van der Waals surface area contributed by atoms with Crippen LogP contribution in [0.2, 0.25) is 0 Å². The first-order chi connectivity index (χ1) is 6.65. The fourth-order valence-corrected chi connectivity index (χ4v) is 1.11. The minimum Gasteiger partial charge on any atom is -0.204 e. The van der Waals surface area contributed by atoms with E-state index < -0.39 is 17.5 Å². The Balaban J connectivity index is 2.89. The van der Waals surface area contributed by atoms with E-state index in [2.05, 4.69) is 12.6 Å². The molecule has 14 heavy (non-hydrogen) atoms. The summed E-state index contributed by atoms with van der Waals surface area (Å²) in [7, 11) is 0. The van der Waals surface area contributed by atoms with Crippen LogP contribution in [0.1, 0.15) is 12.0 Å². The van der Waals surface area contributed by atoms with Crippen LogP contribution in [-0.4, -0.2) is 5.75 Å². The molecule has 0 N–H and O–H groups in total. The van der Waals surface area contributed by atoms with Crippen molar-refractivity contribution in [3.63, 3.8) is 0 Å². The summed E-state index contributed by atoms with van der Waals surface area (Å²) in [4.78, 5) is 0. The lowest BCUT2D eigenvalue weighted by Gasteiger charge is -1.97. The van der Waals surface area contributed by atoms with Crippen molar-refractivity contribution in [2.45, 2.75) is 6.42 Å². The Labute approximate surface area is 85.9 Å². The number of halogens is 3. The van der Waals surface area contributed by atoms with E-state index in [1.807, 2.05) is 0 Å².